The van der Waals surface area contributed by atoms with E-state index in [1.54, 1.807) is 11.8 Å². The molecular weight excluding hydrogens is 332 g/mol. The van der Waals surface area contributed by atoms with Gasteiger partial charge in [0.25, 0.3) is 5.91 Å². The van der Waals surface area contributed by atoms with E-state index in [0.717, 1.165) is 25.0 Å². The number of rotatable bonds is 6. The van der Waals surface area contributed by atoms with Gasteiger partial charge in [0.1, 0.15) is 17.2 Å². The van der Waals surface area contributed by atoms with Crippen LogP contribution in [0.4, 0.5) is 13.6 Å². The molecule has 0 bridgehead atoms. The summed E-state index contributed by atoms with van der Waals surface area (Å²) in [5.74, 6) is -2.52. The molecule has 0 radical (unpaired) electrons. The van der Waals surface area contributed by atoms with E-state index in [2.05, 4.69) is 10.6 Å². The first-order chi connectivity index (χ1) is 12.0. The number of nitrogens with zero attached hydrogens (tertiary/aromatic N) is 1. The van der Waals surface area contributed by atoms with Crippen molar-refractivity contribution in [3.8, 4) is 0 Å². The second-order valence-electron chi connectivity index (χ2n) is 5.77. The minimum absolute atomic E-state index is 0.229. The molecule has 1 aliphatic rings. The van der Waals surface area contributed by atoms with Crippen molar-refractivity contribution in [2.24, 2.45) is 0 Å². The Hall–Kier alpha value is -2.22. The highest BCUT2D eigenvalue weighted by Crippen LogP contribution is 2.12. The molecule has 2 N–H and O–H groups in total. The molecule has 1 fully saturated rings. The van der Waals surface area contributed by atoms with Crippen LogP contribution in [0.2, 0.25) is 0 Å². The van der Waals surface area contributed by atoms with E-state index in [9.17, 15) is 18.4 Å². The molecule has 1 aliphatic heterocycles. The van der Waals surface area contributed by atoms with E-state index in [0.29, 0.717) is 26.2 Å². The number of carbonyl (C=O) groups is 2. The van der Waals surface area contributed by atoms with Gasteiger partial charge in [0.15, 0.2) is 0 Å². The van der Waals surface area contributed by atoms with Gasteiger partial charge in [-0.2, -0.15) is 0 Å². The van der Waals surface area contributed by atoms with Crippen LogP contribution in [0, 0.1) is 11.6 Å². The van der Waals surface area contributed by atoms with Crippen molar-refractivity contribution < 1.29 is 23.1 Å². The average Bonchev–Trinajstić information content (AvgIpc) is 2.59. The maximum atomic E-state index is 13.5. The molecule has 0 atom stereocenters. The summed E-state index contributed by atoms with van der Waals surface area (Å²) in [7, 11) is 0. The molecule has 0 aromatic heterocycles. The van der Waals surface area contributed by atoms with Crippen molar-refractivity contribution in [2.45, 2.75) is 25.8 Å². The van der Waals surface area contributed by atoms with Crippen LogP contribution in [0.15, 0.2) is 18.2 Å². The Kier molecular flexibility index (Phi) is 7.12. The molecular formula is C17H23F2N3O3. The van der Waals surface area contributed by atoms with Gasteiger partial charge in [0.05, 0.1) is 6.61 Å². The molecule has 0 aliphatic carbocycles. The molecule has 1 saturated heterocycles. The van der Waals surface area contributed by atoms with E-state index in [1.807, 2.05) is 0 Å². The third-order valence-corrected chi connectivity index (χ3v) is 4.05. The molecule has 0 unspecified atom stereocenters. The van der Waals surface area contributed by atoms with Gasteiger partial charge in [0, 0.05) is 32.2 Å². The highest BCUT2D eigenvalue weighted by atomic mass is 19.1. The zero-order chi connectivity index (χ0) is 18.2. The van der Waals surface area contributed by atoms with E-state index >= 15 is 0 Å². The number of hydrogen-bond acceptors (Lipinski definition) is 4. The number of amides is 2. The standard InChI is InChI=1S/C17H23F2N3O3/c1-2-25-17(24)22-10-6-12(7-11-22)20-8-9-21-16(23)15-13(18)4-3-5-14(15)19/h3-5,12,20H,2,6-11H2,1H3,(H,21,23). The molecule has 1 aromatic rings. The molecule has 1 aromatic carbocycles. The van der Waals surface area contributed by atoms with Crippen LogP contribution >= 0.6 is 0 Å². The molecule has 2 rings (SSSR count). The number of hydrogen-bond donors (Lipinski definition) is 2. The number of nitrogens with one attached hydrogen (secondary N) is 2. The van der Waals surface area contributed by atoms with Crippen molar-refractivity contribution in [3.05, 3.63) is 35.4 Å². The van der Waals surface area contributed by atoms with Gasteiger partial charge < -0.3 is 20.3 Å². The third-order valence-electron chi connectivity index (χ3n) is 4.05. The normalized spacial score (nSPS) is 15.1. The van der Waals surface area contributed by atoms with Gasteiger partial charge in [-0.15, -0.1) is 0 Å². The lowest BCUT2D eigenvalue weighted by atomic mass is 10.1. The predicted octanol–water partition coefficient (Wildman–Crippen LogP) is 1.91. The lowest BCUT2D eigenvalue weighted by Crippen LogP contribution is -2.46. The molecule has 2 amide bonds. The van der Waals surface area contributed by atoms with E-state index in [4.69, 9.17) is 4.74 Å². The summed E-state index contributed by atoms with van der Waals surface area (Å²) >= 11 is 0. The topological polar surface area (TPSA) is 70.7 Å². The van der Waals surface area contributed by atoms with Gasteiger partial charge in [-0.1, -0.05) is 6.07 Å². The molecule has 25 heavy (non-hydrogen) atoms. The first-order valence-corrected chi connectivity index (χ1v) is 8.40. The Labute approximate surface area is 145 Å². The average molecular weight is 355 g/mol. The zero-order valence-electron chi connectivity index (χ0n) is 14.2. The van der Waals surface area contributed by atoms with Crippen molar-refractivity contribution >= 4 is 12.0 Å². The van der Waals surface area contributed by atoms with Crippen LogP contribution in [0.1, 0.15) is 30.1 Å². The monoisotopic (exact) mass is 355 g/mol. The van der Waals surface area contributed by atoms with Crippen LogP contribution in [0.3, 0.4) is 0 Å². The Bertz CT molecular complexity index is 585. The summed E-state index contributed by atoms with van der Waals surface area (Å²) in [6, 6.07) is 3.54. The SMILES string of the molecule is CCOC(=O)N1CCC(NCCNC(=O)c2c(F)cccc2F)CC1. The van der Waals surface area contributed by atoms with Gasteiger partial charge in [-0.05, 0) is 31.9 Å². The molecule has 6 nitrogen and oxygen atoms in total. The van der Waals surface area contributed by atoms with Crippen LogP contribution in [0.25, 0.3) is 0 Å². The summed E-state index contributed by atoms with van der Waals surface area (Å²) in [4.78, 5) is 25.1. The van der Waals surface area contributed by atoms with E-state index in [-0.39, 0.29) is 18.7 Å². The van der Waals surface area contributed by atoms with Crippen LogP contribution < -0.4 is 10.6 Å². The fourth-order valence-corrected chi connectivity index (χ4v) is 2.74. The van der Waals surface area contributed by atoms with Crippen molar-refractivity contribution in [1.82, 2.24) is 15.5 Å². The van der Waals surface area contributed by atoms with Crippen molar-refractivity contribution in [1.29, 1.82) is 0 Å². The first-order valence-electron chi connectivity index (χ1n) is 8.40. The highest BCUT2D eigenvalue weighted by molar-refractivity contribution is 5.94. The second-order valence-corrected chi connectivity index (χ2v) is 5.77. The maximum absolute atomic E-state index is 13.5. The van der Waals surface area contributed by atoms with Crippen LogP contribution in [-0.2, 0) is 4.74 Å². The summed E-state index contributed by atoms with van der Waals surface area (Å²) < 4.78 is 32.0. The maximum Gasteiger partial charge on any atom is 0.409 e. The number of halogens is 2. The number of piperidine rings is 1. The predicted molar refractivity (Wildman–Crippen MR) is 88.3 cm³/mol. The lowest BCUT2D eigenvalue weighted by Gasteiger charge is -2.31. The Morgan fingerprint density at radius 2 is 1.84 bits per heavy atom. The highest BCUT2D eigenvalue weighted by Gasteiger charge is 2.23. The number of carbonyl (C=O) groups excluding carboxylic acids is 2. The molecule has 8 heteroatoms. The minimum Gasteiger partial charge on any atom is -0.450 e. The van der Waals surface area contributed by atoms with E-state index < -0.39 is 23.1 Å². The number of benzene rings is 1. The zero-order valence-corrected chi connectivity index (χ0v) is 14.2. The fourth-order valence-electron chi connectivity index (χ4n) is 2.74. The summed E-state index contributed by atoms with van der Waals surface area (Å²) in [5.41, 5.74) is -0.565. The Morgan fingerprint density at radius 1 is 1.20 bits per heavy atom. The third kappa shape index (κ3) is 5.38. The smallest absolute Gasteiger partial charge is 0.409 e. The Balaban J connectivity index is 1.67. The number of ether oxygens (including phenoxy) is 1. The molecule has 138 valence electrons. The quantitative estimate of drug-likeness (QED) is 0.765. The second kappa shape index (κ2) is 9.31. The van der Waals surface area contributed by atoms with E-state index in [1.165, 1.54) is 6.07 Å². The largest absolute Gasteiger partial charge is 0.450 e. The fraction of sp³-hybridized carbons (Fsp3) is 0.529. The lowest BCUT2D eigenvalue weighted by molar-refractivity contribution is 0.0926. The summed E-state index contributed by atoms with van der Waals surface area (Å²) in [5, 5.41) is 5.77. The summed E-state index contributed by atoms with van der Waals surface area (Å²) in [6.07, 6.45) is 1.28. The van der Waals surface area contributed by atoms with Gasteiger partial charge in [-0.3, -0.25) is 4.79 Å². The van der Waals surface area contributed by atoms with Crippen molar-refractivity contribution in [3.63, 3.8) is 0 Å². The minimum atomic E-state index is -0.878. The molecule has 0 spiro atoms. The van der Waals surface area contributed by atoms with Gasteiger partial charge in [-0.25, -0.2) is 13.6 Å². The number of likely N-dealkylation sites (tertiary alicyclic amines) is 1. The molecule has 1 heterocycles. The summed E-state index contributed by atoms with van der Waals surface area (Å²) in [6.45, 7) is 4.09. The van der Waals surface area contributed by atoms with Gasteiger partial charge >= 0.3 is 6.09 Å². The Morgan fingerprint density at radius 3 is 2.44 bits per heavy atom. The van der Waals surface area contributed by atoms with Gasteiger partial charge in [0.2, 0.25) is 0 Å². The van der Waals surface area contributed by atoms with Crippen LogP contribution in [-0.4, -0.2) is 55.7 Å². The molecule has 0 saturated carbocycles. The van der Waals surface area contributed by atoms with Crippen LogP contribution in [0.5, 0.6) is 0 Å². The first kappa shape index (κ1) is 19.1. The van der Waals surface area contributed by atoms with Crippen molar-refractivity contribution in [2.75, 3.05) is 32.8 Å².